The van der Waals surface area contributed by atoms with Crippen molar-refractivity contribution in [3.05, 3.63) is 42.5 Å². The third-order valence-electron chi connectivity index (χ3n) is 2.51. The van der Waals surface area contributed by atoms with Crippen LogP contribution in [0.4, 0.5) is 5.69 Å². The van der Waals surface area contributed by atoms with Crippen LogP contribution < -0.4 is 5.32 Å². The highest BCUT2D eigenvalue weighted by atomic mass is 32.2. The fourth-order valence-electron chi connectivity index (χ4n) is 1.62. The van der Waals surface area contributed by atoms with Crippen molar-refractivity contribution < 1.29 is 14.7 Å². The number of carbonyl (C=O) groups is 2. The largest absolute Gasteiger partial charge is 0.481 e. The minimum atomic E-state index is -0.926. The SMILES string of the molecule is O=C(O)CSCC(=O)Nc1ccc(Cn2cncn2)cc1. The standard InChI is InChI=1S/C13H14N4O3S/c18-12(6-21-7-13(19)20)16-11-3-1-10(2-4-11)5-17-9-14-8-15-17/h1-4,8-9H,5-7H2,(H,16,18)(H,19,20). The number of aliphatic carboxylic acids is 1. The van der Waals surface area contributed by atoms with E-state index in [1.165, 1.54) is 6.33 Å². The third kappa shape index (κ3) is 5.27. The van der Waals surface area contributed by atoms with Gasteiger partial charge in [0.15, 0.2) is 0 Å². The van der Waals surface area contributed by atoms with E-state index in [1.807, 2.05) is 12.1 Å². The zero-order valence-corrected chi connectivity index (χ0v) is 11.9. The van der Waals surface area contributed by atoms with Gasteiger partial charge in [-0.2, -0.15) is 5.10 Å². The van der Waals surface area contributed by atoms with Crippen molar-refractivity contribution >= 4 is 29.3 Å². The van der Waals surface area contributed by atoms with Crippen molar-refractivity contribution in [2.45, 2.75) is 6.54 Å². The number of hydrogen-bond acceptors (Lipinski definition) is 5. The molecule has 8 heteroatoms. The van der Waals surface area contributed by atoms with Gasteiger partial charge in [-0.1, -0.05) is 12.1 Å². The summed E-state index contributed by atoms with van der Waals surface area (Å²) in [6.07, 6.45) is 3.11. The number of nitrogens with one attached hydrogen (secondary N) is 1. The number of rotatable bonds is 7. The quantitative estimate of drug-likeness (QED) is 0.794. The normalized spacial score (nSPS) is 10.3. The van der Waals surface area contributed by atoms with Gasteiger partial charge in [0.05, 0.1) is 18.1 Å². The minimum absolute atomic E-state index is 0.0791. The Bertz CT molecular complexity index is 598. The van der Waals surface area contributed by atoms with Gasteiger partial charge in [-0.15, -0.1) is 11.8 Å². The second-order valence-corrected chi connectivity index (χ2v) is 5.21. The number of benzene rings is 1. The van der Waals surface area contributed by atoms with Crippen molar-refractivity contribution in [1.82, 2.24) is 14.8 Å². The number of amides is 1. The van der Waals surface area contributed by atoms with E-state index in [-0.39, 0.29) is 17.4 Å². The molecule has 0 bridgehead atoms. The first kappa shape index (κ1) is 15.0. The van der Waals surface area contributed by atoms with Gasteiger partial charge in [-0.25, -0.2) is 9.67 Å². The average molecular weight is 306 g/mol. The Kier molecular flexibility index (Phi) is 5.33. The summed E-state index contributed by atoms with van der Waals surface area (Å²) in [7, 11) is 0. The molecular weight excluding hydrogens is 292 g/mol. The molecule has 1 aromatic heterocycles. The number of anilines is 1. The number of carbonyl (C=O) groups excluding carboxylic acids is 1. The highest BCUT2D eigenvalue weighted by molar-refractivity contribution is 8.00. The summed E-state index contributed by atoms with van der Waals surface area (Å²) >= 11 is 1.06. The molecule has 0 unspecified atom stereocenters. The Labute approximate surface area is 125 Å². The average Bonchev–Trinajstić information content (AvgIpc) is 2.93. The van der Waals surface area contributed by atoms with Crippen LogP contribution in [0.2, 0.25) is 0 Å². The molecule has 0 aliphatic carbocycles. The molecule has 0 saturated heterocycles. The molecule has 0 saturated carbocycles. The van der Waals surface area contributed by atoms with E-state index in [0.29, 0.717) is 12.2 Å². The van der Waals surface area contributed by atoms with E-state index in [9.17, 15) is 9.59 Å². The van der Waals surface area contributed by atoms with Crippen molar-refractivity contribution in [3.8, 4) is 0 Å². The number of carboxylic acids is 1. The lowest BCUT2D eigenvalue weighted by atomic mass is 10.2. The predicted octanol–water partition coefficient (Wildman–Crippen LogP) is 1.08. The maximum absolute atomic E-state index is 11.6. The highest BCUT2D eigenvalue weighted by Gasteiger charge is 2.05. The zero-order valence-electron chi connectivity index (χ0n) is 11.1. The van der Waals surface area contributed by atoms with Gasteiger partial charge in [0.1, 0.15) is 12.7 Å². The van der Waals surface area contributed by atoms with Crippen molar-refractivity contribution in [2.24, 2.45) is 0 Å². The lowest BCUT2D eigenvalue weighted by Crippen LogP contribution is -2.15. The smallest absolute Gasteiger partial charge is 0.313 e. The van der Waals surface area contributed by atoms with E-state index in [4.69, 9.17) is 5.11 Å². The van der Waals surface area contributed by atoms with Crippen LogP contribution in [0, 0.1) is 0 Å². The van der Waals surface area contributed by atoms with E-state index in [2.05, 4.69) is 15.4 Å². The third-order valence-corrected chi connectivity index (χ3v) is 3.42. The number of carboxylic acid groups (broad SMARTS) is 1. The summed E-state index contributed by atoms with van der Waals surface area (Å²) < 4.78 is 1.70. The predicted molar refractivity (Wildman–Crippen MR) is 79.2 cm³/mol. The number of thioether (sulfide) groups is 1. The van der Waals surface area contributed by atoms with Gasteiger partial charge >= 0.3 is 5.97 Å². The molecule has 0 fully saturated rings. The number of hydrogen-bond donors (Lipinski definition) is 2. The van der Waals surface area contributed by atoms with E-state index in [0.717, 1.165) is 17.3 Å². The molecule has 1 heterocycles. The molecule has 1 amide bonds. The van der Waals surface area contributed by atoms with Gasteiger partial charge < -0.3 is 10.4 Å². The van der Waals surface area contributed by atoms with Gasteiger partial charge in [-0.05, 0) is 17.7 Å². The molecule has 2 aromatic rings. The number of nitrogens with zero attached hydrogens (tertiary/aromatic N) is 3. The summed E-state index contributed by atoms with van der Waals surface area (Å²) in [6, 6.07) is 7.38. The van der Waals surface area contributed by atoms with Gasteiger partial charge in [0.25, 0.3) is 0 Å². The highest BCUT2D eigenvalue weighted by Crippen LogP contribution is 2.11. The molecular formula is C13H14N4O3S. The first-order valence-electron chi connectivity index (χ1n) is 6.14. The lowest BCUT2D eigenvalue weighted by molar-refractivity contribution is -0.133. The first-order chi connectivity index (χ1) is 10.1. The van der Waals surface area contributed by atoms with Crippen LogP contribution in [0.1, 0.15) is 5.56 Å². The first-order valence-corrected chi connectivity index (χ1v) is 7.29. The second kappa shape index (κ2) is 7.44. The van der Waals surface area contributed by atoms with Crippen LogP contribution >= 0.6 is 11.8 Å². The van der Waals surface area contributed by atoms with E-state index < -0.39 is 5.97 Å². The lowest BCUT2D eigenvalue weighted by Gasteiger charge is -2.06. The summed E-state index contributed by atoms with van der Waals surface area (Å²) in [5, 5.41) is 15.2. The van der Waals surface area contributed by atoms with Crippen LogP contribution in [0.5, 0.6) is 0 Å². The van der Waals surface area contributed by atoms with Crippen molar-refractivity contribution in [3.63, 3.8) is 0 Å². The monoisotopic (exact) mass is 306 g/mol. The summed E-state index contributed by atoms with van der Waals surface area (Å²) in [5.41, 5.74) is 1.72. The minimum Gasteiger partial charge on any atom is -0.481 e. The van der Waals surface area contributed by atoms with Crippen LogP contribution in [-0.2, 0) is 16.1 Å². The van der Waals surface area contributed by atoms with Gasteiger partial charge in [0, 0.05) is 5.69 Å². The topological polar surface area (TPSA) is 97.1 Å². The molecule has 0 aliphatic rings. The van der Waals surface area contributed by atoms with Crippen LogP contribution in [0.25, 0.3) is 0 Å². The maximum Gasteiger partial charge on any atom is 0.313 e. The van der Waals surface area contributed by atoms with Crippen molar-refractivity contribution in [1.29, 1.82) is 0 Å². The number of aromatic nitrogens is 3. The summed E-state index contributed by atoms with van der Waals surface area (Å²) in [6.45, 7) is 0.614. The molecule has 2 rings (SSSR count). The van der Waals surface area contributed by atoms with Crippen LogP contribution in [-0.4, -0.2) is 43.3 Å². The van der Waals surface area contributed by atoms with Crippen LogP contribution in [0.15, 0.2) is 36.9 Å². The molecule has 21 heavy (non-hydrogen) atoms. The van der Waals surface area contributed by atoms with Gasteiger partial charge in [-0.3, -0.25) is 9.59 Å². The maximum atomic E-state index is 11.6. The van der Waals surface area contributed by atoms with Crippen LogP contribution in [0.3, 0.4) is 0 Å². The van der Waals surface area contributed by atoms with Gasteiger partial charge in [0.2, 0.25) is 5.91 Å². The Morgan fingerprint density at radius 3 is 2.62 bits per heavy atom. The molecule has 0 atom stereocenters. The Morgan fingerprint density at radius 1 is 1.24 bits per heavy atom. The fourth-order valence-corrected chi connectivity index (χ4v) is 2.16. The Balaban J connectivity index is 1.81. The summed E-state index contributed by atoms with van der Waals surface area (Å²) in [5.74, 6) is -1.10. The molecule has 7 nitrogen and oxygen atoms in total. The molecule has 1 aromatic carbocycles. The Hall–Kier alpha value is -2.35. The van der Waals surface area contributed by atoms with E-state index in [1.54, 1.807) is 23.1 Å². The molecule has 0 spiro atoms. The second-order valence-electron chi connectivity index (χ2n) is 4.22. The molecule has 0 radical (unpaired) electrons. The van der Waals surface area contributed by atoms with Crippen molar-refractivity contribution in [2.75, 3.05) is 16.8 Å². The Morgan fingerprint density at radius 2 is 2.00 bits per heavy atom. The molecule has 110 valence electrons. The zero-order chi connectivity index (χ0) is 15.1. The molecule has 0 aliphatic heterocycles. The summed E-state index contributed by atoms with van der Waals surface area (Å²) in [4.78, 5) is 25.8. The fraction of sp³-hybridized carbons (Fsp3) is 0.231. The van der Waals surface area contributed by atoms with E-state index >= 15 is 0 Å². The molecule has 2 N–H and O–H groups in total.